The molecule has 4 heteroatoms. The summed E-state index contributed by atoms with van der Waals surface area (Å²) in [5.41, 5.74) is 6.79. The largest absolute Gasteiger partial charge is 0.380 e. The molecule has 0 aliphatic heterocycles. The fourth-order valence-electron chi connectivity index (χ4n) is 2.14. The maximum Gasteiger partial charge on any atom is 0.0781 e. The van der Waals surface area contributed by atoms with Gasteiger partial charge in [0.05, 0.1) is 17.8 Å². The van der Waals surface area contributed by atoms with E-state index >= 15 is 0 Å². The highest BCUT2D eigenvalue weighted by atomic mass is 16.5. The van der Waals surface area contributed by atoms with Crippen LogP contribution in [-0.2, 0) is 17.8 Å². The lowest BCUT2D eigenvalue weighted by atomic mass is 10.1. The van der Waals surface area contributed by atoms with E-state index < -0.39 is 0 Å². The predicted molar refractivity (Wildman–Crippen MR) is 74.3 cm³/mol. The number of anilines is 1. The normalized spacial score (nSPS) is 10.8. The van der Waals surface area contributed by atoms with Crippen molar-refractivity contribution in [1.29, 1.82) is 0 Å². The van der Waals surface area contributed by atoms with E-state index in [0.29, 0.717) is 6.61 Å². The number of hydrogen-bond donors (Lipinski definition) is 2. The van der Waals surface area contributed by atoms with E-state index in [1.54, 1.807) is 7.11 Å². The number of aryl methyl sites for hydroxylation is 1. The molecule has 0 spiro atoms. The molecule has 0 saturated heterocycles. The Kier molecular flexibility index (Phi) is 4.12. The molecule has 2 rings (SSSR count). The standard InChI is InChI=1S/C14H19N3O/c1-3-5-11-8-13(17-15)12-7-4-6-10(9-18-2)14(12)16-11/h4,6-8H,3,5,9,15H2,1-2H3,(H,16,17). The number of hydrogen-bond acceptors (Lipinski definition) is 4. The quantitative estimate of drug-likeness (QED) is 0.628. The lowest BCUT2D eigenvalue weighted by Gasteiger charge is -2.11. The first-order chi connectivity index (χ1) is 8.80. The first-order valence-corrected chi connectivity index (χ1v) is 6.17. The molecule has 2 aromatic rings. The van der Waals surface area contributed by atoms with E-state index in [1.807, 2.05) is 24.3 Å². The van der Waals surface area contributed by atoms with E-state index in [4.69, 9.17) is 15.6 Å². The molecule has 0 unspecified atom stereocenters. The number of rotatable bonds is 5. The Morgan fingerprint density at radius 3 is 2.89 bits per heavy atom. The van der Waals surface area contributed by atoms with Crippen molar-refractivity contribution in [2.45, 2.75) is 26.4 Å². The van der Waals surface area contributed by atoms with Gasteiger partial charge in [0.2, 0.25) is 0 Å². The summed E-state index contributed by atoms with van der Waals surface area (Å²) in [6, 6.07) is 8.07. The first-order valence-electron chi connectivity index (χ1n) is 6.17. The zero-order chi connectivity index (χ0) is 13.0. The van der Waals surface area contributed by atoms with Crippen molar-refractivity contribution in [2.24, 2.45) is 5.84 Å². The molecule has 0 aliphatic carbocycles. The second-order valence-corrected chi connectivity index (χ2v) is 4.30. The Hall–Kier alpha value is -1.65. The minimum atomic E-state index is 0.559. The number of nitrogens with one attached hydrogen (secondary N) is 1. The first kappa shape index (κ1) is 12.8. The summed E-state index contributed by atoms with van der Waals surface area (Å²) < 4.78 is 5.22. The van der Waals surface area contributed by atoms with Crippen molar-refractivity contribution in [3.8, 4) is 0 Å². The number of para-hydroxylation sites is 1. The summed E-state index contributed by atoms with van der Waals surface area (Å²) in [5, 5.41) is 1.03. The monoisotopic (exact) mass is 245 g/mol. The zero-order valence-corrected chi connectivity index (χ0v) is 10.9. The van der Waals surface area contributed by atoms with Crippen LogP contribution in [0.4, 0.5) is 5.69 Å². The van der Waals surface area contributed by atoms with Crippen LogP contribution in [0, 0.1) is 0 Å². The molecule has 0 radical (unpaired) electrons. The summed E-state index contributed by atoms with van der Waals surface area (Å²) in [7, 11) is 1.69. The summed E-state index contributed by atoms with van der Waals surface area (Å²) >= 11 is 0. The van der Waals surface area contributed by atoms with Crippen LogP contribution in [-0.4, -0.2) is 12.1 Å². The van der Waals surface area contributed by atoms with Gasteiger partial charge in [0.1, 0.15) is 0 Å². The molecule has 0 saturated carbocycles. The van der Waals surface area contributed by atoms with Gasteiger partial charge in [0.25, 0.3) is 0 Å². The third-order valence-corrected chi connectivity index (χ3v) is 2.94. The van der Waals surface area contributed by atoms with Crippen molar-refractivity contribution in [3.63, 3.8) is 0 Å². The van der Waals surface area contributed by atoms with Crippen molar-refractivity contribution in [2.75, 3.05) is 12.5 Å². The highest BCUT2D eigenvalue weighted by Crippen LogP contribution is 2.26. The fraction of sp³-hybridized carbons (Fsp3) is 0.357. The number of hydrazine groups is 1. The number of nitrogens with two attached hydrogens (primary N) is 1. The van der Waals surface area contributed by atoms with Crippen LogP contribution >= 0.6 is 0 Å². The minimum Gasteiger partial charge on any atom is -0.380 e. The molecule has 0 amide bonds. The van der Waals surface area contributed by atoms with Crippen molar-refractivity contribution >= 4 is 16.6 Å². The minimum absolute atomic E-state index is 0.559. The number of nitrogens with zero attached hydrogens (tertiary/aromatic N) is 1. The van der Waals surface area contributed by atoms with Crippen molar-refractivity contribution in [1.82, 2.24) is 4.98 Å². The number of ether oxygens (including phenoxy) is 1. The molecule has 1 heterocycles. The van der Waals surface area contributed by atoms with Crippen LogP contribution < -0.4 is 11.3 Å². The van der Waals surface area contributed by atoms with Crippen LogP contribution in [0.2, 0.25) is 0 Å². The SMILES string of the molecule is CCCc1cc(NN)c2cccc(COC)c2n1. The molecule has 18 heavy (non-hydrogen) atoms. The van der Waals surface area contributed by atoms with Crippen LogP contribution in [0.1, 0.15) is 24.6 Å². The van der Waals surface area contributed by atoms with Gasteiger partial charge >= 0.3 is 0 Å². The van der Waals surface area contributed by atoms with Crippen LogP contribution in [0.15, 0.2) is 24.3 Å². The molecular formula is C14H19N3O. The summed E-state index contributed by atoms with van der Waals surface area (Å²) in [6.07, 6.45) is 2.01. The van der Waals surface area contributed by atoms with Gasteiger partial charge in [0, 0.05) is 23.8 Å². The molecule has 4 nitrogen and oxygen atoms in total. The fourth-order valence-corrected chi connectivity index (χ4v) is 2.14. The van der Waals surface area contributed by atoms with E-state index in [-0.39, 0.29) is 0 Å². The third-order valence-electron chi connectivity index (χ3n) is 2.94. The number of fused-ring (bicyclic) bond motifs is 1. The number of aromatic nitrogens is 1. The lowest BCUT2D eigenvalue weighted by molar-refractivity contribution is 0.186. The van der Waals surface area contributed by atoms with Gasteiger partial charge in [-0.15, -0.1) is 0 Å². The summed E-state index contributed by atoms with van der Waals surface area (Å²) in [5.74, 6) is 5.60. The molecule has 1 aromatic heterocycles. The van der Waals surface area contributed by atoms with Gasteiger partial charge in [-0.05, 0) is 12.5 Å². The van der Waals surface area contributed by atoms with Crippen molar-refractivity contribution in [3.05, 3.63) is 35.5 Å². The summed E-state index contributed by atoms with van der Waals surface area (Å²) in [4.78, 5) is 4.72. The van der Waals surface area contributed by atoms with E-state index in [2.05, 4.69) is 12.3 Å². The molecule has 0 atom stereocenters. The van der Waals surface area contributed by atoms with Crippen LogP contribution in [0.3, 0.4) is 0 Å². The Balaban J connectivity index is 2.63. The number of pyridine rings is 1. The second kappa shape index (κ2) is 5.80. The lowest BCUT2D eigenvalue weighted by Crippen LogP contribution is -2.09. The van der Waals surface area contributed by atoms with E-state index in [1.165, 1.54) is 0 Å². The highest BCUT2D eigenvalue weighted by Gasteiger charge is 2.08. The molecule has 96 valence electrons. The average Bonchev–Trinajstić information content (AvgIpc) is 2.39. The second-order valence-electron chi connectivity index (χ2n) is 4.30. The number of benzene rings is 1. The van der Waals surface area contributed by atoms with Gasteiger partial charge in [-0.25, -0.2) is 0 Å². The van der Waals surface area contributed by atoms with Crippen LogP contribution in [0.5, 0.6) is 0 Å². The summed E-state index contributed by atoms with van der Waals surface area (Å²) in [6.45, 7) is 2.70. The van der Waals surface area contributed by atoms with Gasteiger partial charge < -0.3 is 10.2 Å². The van der Waals surface area contributed by atoms with Gasteiger partial charge in [0.15, 0.2) is 0 Å². The van der Waals surface area contributed by atoms with E-state index in [9.17, 15) is 0 Å². The predicted octanol–water partition coefficient (Wildman–Crippen LogP) is 2.62. The molecular weight excluding hydrogens is 226 g/mol. The van der Waals surface area contributed by atoms with Gasteiger partial charge in [-0.3, -0.25) is 10.8 Å². The van der Waals surface area contributed by atoms with E-state index in [0.717, 1.165) is 40.7 Å². The molecule has 1 aromatic carbocycles. The third kappa shape index (κ3) is 2.44. The number of methoxy groups -OCH3 is 1. The topological polar surface area (TPSA) is 60.2 Å². The molecule has 3 N–H and O–H groups in total. The maximum absolute atomic E-state index is 5.60. The Morgan fingerprint density at radius 1 is 1.39 bits per heavy atom. The Bertz CT molecular complexity index is 540. The highest BCUT2D eigenvalue weighted by molar-refractivity contribution is 5.93. The average molecular weight is 245 g/mol. The number of nitrogen functional groups attached to an aromatic ring is 1. The van der Waals surface area contributed by atoms with Gasteiger partial charge in [-0.2, -0.15) is 0 Å². The maximum atomic E-state index is 5.60. The molecule has 0 fully saturated rings. The molecule has 0 bridgehead atoms. The Labute approximate surface area is 107 Å². The van der Waals surface area contributed by atoms with Crippen molar-refractivity contribution < 1.29 is 4.74 Å². The zero-order valence-electron chi connectivity index (χ0n) is 10.9. The van der Waals surface area contributed by atoms with Gasteiger partial charge in [-0.1, -0.05) is 31.5 Å². The van der Waals surface area contributed by atoms with Crippen LogP contribution in [0.25, 0.3) is 10.9 Å². The smallest absolute Gasteiger partial charge is 0.0781 e. The Morgan fingerprint density at radius 2 is 2.22 bits per heavy atom. The molecule has 0 aliphatic rings.